The fraction of sp³-hybridized carbons (Fsp3) is 0.222. The summed E-state index contributed by atoms with van der Waals surface area (Å²) in [6.07, 6.45) is 1.63. The summed E-state index contributed by atoms with van der Waals surface area (Å²) < 4.78 is 27.4. The average Bonchev–Trinajstić information content (AvgIpc) is 3.42. The number of hydrogen-bond acceptors (Lipinski definition) is 9. The van der Waals surface area contributed by atoms with Gasteiger partial charge in [0.1, 0.15) is 0 Å². The Morgan fingerprint density at radius 2 is 1.66 bits per heavy atom. The maximum absolute atomic E-state index is 12.8. The number of benzene rings is 2. The molecule has 3 aromatic rings. The number of nitrogens with one attached hydrogen (secondary N) is 1. The Hall–Kier alpha value is -3.49. The molecule has 2 aromatic carbocycles. The smallest absolute Gasteiger partial charge is 0.277 e. The van der Waals surface area contributed by atoms with Gasteiger partial charge in [-0.15, -0.1) is 0 Å². The molecule has 1 aromatic heterocycles. The number of sulfonamides is 1. The van der Waals surface area contributed by atoms with Gasteiger partial charge in [-0.2, -0.15) is 4.31 Å². The number of non-ortho nitro benzene ring substituents is 2. The molecule has 1 aliphatic heterocycles. The average molecular weight is 477 g/mol. The van der Waals surface area contributed by atoms with E-state index in [-0.39, 0.29) is 15.6 Å². The Balaban J connectivity index is 1.62. The third-order valence-corrected chi connectivity index (χ3v) is 7.70. The molecule has 1 saturated heterocycles. The normalized spacial score (nSPS) is 14.5. The van der Waals surface area contributed by atoms with Crippen LogP contribution < -0.4 is 5.32 Å². The van der Waals surface area contributed by atoms with Gasteiger partial charge in [-0.1, -0.05) is 11.3 Å². The summed E-state index contributed by atoms with van der Waals surface area (Å²) in [5.74, 6) is -0.819. The summed E-state index contributed by atoms with van der Waals surface area (Å²) in [7, 11) is -3.62. The van der Waals surface area contributed by atoms with Crippen molar-refractivity contribution < 1.29 is 23.1 Å². The van der Waals surface area contributed by atoms with Gasteiger partial charge in [-0.05, 0) is 31.0 Å². The first-order valence-electron chi connectivity index (χ1n) is 9.31. The summed E-state index contributed by atoms with van der Waals surface area (Å²) in [6, 6.07) is 7.08. The molecule has 2 heterocycles. The third-order valence-electron chi connectivity index (χ3n) is 4.87. The lowest BCUT2D eigenvalue weighted by Gasteiger charge is -2.15. The number of thiazole rings is 1. The van der Waals surface area contributed by atoms with Gasteiger partial charge in [0, 0.05) is 25.2 Å². The number of nitrogens with zero attached hydrogens (tertiary/aromatic N) is 4. The van der Waals surface area contributed by atoms with Gasteiger partial charge >= 0.3 is 0 Å². The van der Waals surface area contributed by atoms with Crippen molar-refractivity contribution in [3.8, 4) is 0 Å². The van der Waals surface area contributed by atoms with E-state index in [9.17, 15) is 33.4 Å². The minimum absolute atomic E-state index is 0.120. The minimum atomic E-state index is -3.62. The van der Waals surface area contributed by atoms with E-state index in [1.54, 1.807) is 0 Å². The van der Waals surface area contributed by atoms with Gasteiger partial charge in [0.25, 0.3) is 17.3 Å². The lowest BCUT2D eigenvalue weighted by molar-refractivity contribution is -0.394. The molecule has 0 bridgehead atoms. The number of aromatic nitrogens is 1. The van der Waals surface area contributed by atoms with E-state index >= 15 is 0 Å². The van der Waals surface area contributed by atoms with Gasteiger partial charge in [0.15, 0.2) is 5.13 Å². The second-order valence-electron chi connectivity index (χ2n) is 6.97. The molecule has 14 heteroatoms. The van der Waals surface area contributed by atoms with E-state index < -0.39 is 37.2 Å². The van der Waals surface area contributed by atoms with Crippen LogP contribution in [0.15, 0.2) is 41.3 Å². The molecule has 0 unspecified atom stereocenters. The molecule has 1 aliphatic rings. The molecule has 166 valence electrons. The number of hydrogen-bond donors (Lipinski definition) is 1. The van der Waals surface area contributed by atoms with E-state index in [0.717, 1.165) is 42.4 Å². The van der Waals surface area contributed by atoms with Crippen molar-refractivity contribution >= 4 is 54.0 Å². The Bertz CT molecular complexity index is 1330. The predicted molar refractivity (Wildman–Crippen MR) is 115 cm³/mol. The summed E-state index contributed by atoms with van der Waals surface area (Å²) in [4.78, 5) is 37.3. The number of rotatable bonds is 6. The van der Waals surface area contributed by atoms with E-state index in [1.807, 2.05) is 0 Å². The van der Waals surface area contributed by atoms with Crippen LogP contribution in [0.2, 0.25) is 0 Å². The Labute approximate surface area is 184 Å². The molecule has 32 heavy (non-hydrogen) atoms. The van der Waals surface area contributed by atoms with E-state index in [1.165, 1.54) is 22.5 Å². The minimum Gasteiger partial charge on any atom is -0.298 e. The third kappa shape index (κ3) is 4.15. The van der Waals surface area contributed by atoms with Crippen LogP contribution in [0.5, 0.6) is 0 Å². The zero-order valence-corrected chi connectivity index (χ0v) is 17.9. The molecule has 0 aliphatic carbocycles. The highest BCUT2D eigenvalue weighted by molar-refractivity contribution is 7.89. The van der Waals surface area contributed by atoms with Crippen LogP contribution in [-0.4, -0.2) is 46.6 Å². The molecular weight excluding hydrogens is 462 g/mol. The van der Waals surface area contributed by atoms with Crippen LogP contribution in [0, 0.1) is 20.2 Å². The number of anilines is 1. The first-order chi connectivity index (χ1) is 15.1. The molecule has 12 nitrogen and oxygen atoms in total. The first-order valence-corrected chi connectivity index (χ1v) is 11.6. The number of nitro groups is 2. The van der Waals surface area contributed by atoms with Crippen molar-refractivity contribution in [2.45, 2.75) is 17.7 Å². The second kappa shape index (κ2) is 8.22. The summed E-state index contributed by atoms with van der Waals surface area (Å²) >= 11 is 1.02. The molecule has 0 radical (unpaired) electrons. The van der Waals surface area contributed by atoms with Crippen LogP contribution >= 0.6 is 11.3 Å². The lowest BCUT2D eigenvalue weighted by atomic mass is 10.1. The van der Waals surface area contributed by atoms with Gasteiger partial charge < -0.3 is 0 Å². The van der Waals surface area contributed by atoms with Crippen molar-refractivity contribution in [1.29, 1.82) is 0 Å². The van der Waals surface area contributed by atoms with E-state index in [4.69, 9.17) is 0 Å². The van der Waals surface area contributed by atoms with Crippen molar-refractivity contribution in [3.63, 3.8) is 0 Å². The number of carbonyl (C=O) groups excluding carboxylic acids is 1. The standard InChI is InChI=1S/C18H15N5O7S2/c24-17(11-7-12(22(25)26)9-13(8-11)23(27)28)20-18-19-15-4-3-14(10-16(15)31-18)32(29,30)21-5-1-2-6-21/h3-4,7-10H,1-2,5-6H2,(H,19,20,24). The monoisotopic (exact) mass is 477 g/mol. The van der Waals surface area contributed by atoms with Crippen LogP contribution in [-0.2, 0) is 10.0 Å². The van der Waals surface area contributed by atoms with Gasteiger partial charge in [-0.3, -0.25) is 30.3 Å². The van der Waals surface area contributed by atoms with Gasteiger partial charge in [0.2, 0.25) is 10.0 Å². The number of carbonyl (C=O) groups is 1. The first kappa shape index (κ1) is 21.7. The SMILES string of the molecule is O=C(Nc1nc2ccc(S(=O)(=O)N3CCCC3)cc2s1)c1cc([N+](=O)[O-])cc([N+](=O)[O-])c1. The number of fused-ring (bicyclic) bond motifs is 1. The van der Waals surface area contributed by atoms with E-state index in [0.29, 0.717) is 23.3 Å². The topological polar surface area (TPSA) is 166 Å². The summed E-state index contributed by atoms with van der Waals surface area (Å²) in [5, 5.41) is 24.6. The molecule has 0 saturated carbocycles. The Morgan fingerprint density at radius 3 is 2.25 bits per heavy atom. The lowest BCUT2D eigenvalue weighted by Crippen LogP contribution is -2.27. The number of nitro benzene ring substituents is 2. The van der Waals surface area contributed by atoms with Crippen LogP contribution in [0.4, 0.5) is 16.5 Å². The number of amides is 1. The molecule has 1 fully saturated rings. The van der Waals surface area contributed by atoms with Crippen LogP contribution in [0.1, 0.15) is 23.2 Å². The Morgan fingerprint density at radius 1 is 1.03 bits per heavy atom. The molecule has 0 atom stereocenters. The quantitative estimate of drug-likeness (QED) is 0.417. The fourth-order valence-corrected chi connectivity index (χ4v) is 5.82. The maximum Gasteiger partial charge on any atom is 0.277 e. The van der Waals surface area contributed by atoms with E-state index in [2.05, 4.69) is 10.3 Å². The molecule has 1 amide bonds. The Kier molecular flexibility index (Phi) is 5.58. The summed E-state index contributed by atoms with van der Waals surface area (Å²) in [6.45, 7) is 0.944. The molecule has 1 N–H and O–H groups in total. The van der Waals surface area contributed by atoms with Crippen molar-refractivity contribution in [1.82, 2.24) is 9.29 Å². The zero-order chi connectivity index (χ0) is 23.0. The largest absolute Gasteiger partial charge is 0.298 e. The van der Waals surface area contributed by atoms with Crippen LogP contribution in [0.25, 0.3) is 10.2 Å². The predicted octanol–water partition coefficient (Wildman–Crippen LogP) is 3.15. The van der Waals surface area contributed by atoms with Crippen molar-refractivity contribution in [2.24, 2.45) is 0 Å². The van der Waals surface area contributed by atoms with Gasteiger partial charge in [-0.25, -0.2) is 13.4 Å². The van der Waals surface area contributed by atoms with Crippen LogP contribution in [0.3, 0.4) is 0 Å². The summed E-state index contributed by atoms with van der Waals surface area (Å²) in [5.41, 5.74) is -1.01. The highest BCUT2D eigenvalue weighted by atomic mass is 32.2. The van der Waals surface area contributed by atoms with Gasteiger partial charge in [0.05, 0.1) is 36.6 Å². The maximum atomic E-state index is 12.8. The van der Waals surface area contributed by atoms with Crippen molar-refractivity contribution in [3.05, 3.63) is 62.2 Å². The molecule has 4 rings (SSSR count). The highest BCUT2D eigenvalue weighted by Gasteiger charge is 2.27. The molecular formula is C18H15N5O7S2. The zero-order valence-electron chi connectivity index (χ0n) is 16.3. The highest BCUT2D eigenvalue weighted by Crippen LogP contribution is 2.31. The second-order valence-corrected chi connectivity index (χ2v) is 9.93. The van der Waals surface area contributed by atoms with Crippen molar-refractivity contribution in [2.75, 3.05) is 18.4 Å². The molecule has 0 spiro atoms. The fourth-order valence-electron chi connectivity index (χ4n) is 3.30.